The highest BCUT2D eigenvalue weighted by atomic mass is 32.1. The molecule has 0 amide bonds. The summed E-state index contributed by atoms with van der Waals surface area (Å²) < 4.78 is 78.4. The summed E-state index contributed by atoms with van der Waals surface area (Å²) in [6.45, 7) is 0. The molecule has 9 heteroatoms. The van der Waals surface area contributed by atoms with Crippen LogP contribution in [-0.2, 0) is 0 Å². The zero-order valence-corrected chi connectivity index (χ0v) is 9.54. The Morgan fingerprint density at radius 2 is 1.72 bits per heavy atom. The average Bonchev–Trinajstić information content (AvgIpc) is 2.59. The molecule has 0 saturated carbocycles. The summed E-state index contributed by atoms with van der Waals surface area (Å²) in [4.78, 5) is 10.7. The zero-order chi connectivity index (χ0) is 14.1. The number of ketones is 1. The van der Waals surface area contributed by atoms with Crippen molar-refractivity contribution >= 4 is 17.1 Å². The van der Waals surface area contributed by atoms with E-state index in [0.29, 0.717) is 11.3 Å². The molecule has 18 heavy (non-hydrogen) atoms. The van der Waals surface area contributed by atoms with Crippen molar-refractivity contribution < 1.29 is 35.9 Å². The van der Waals surface area contributed by atoms with Crippen LogP contribution in [0.4, 0.5) is 26.3 Å². The van der Waals surface area contributed by atoms with Gasteiger partial charge < -0.3 is 4.74 Å². The van der Waals surface area contributed by atoms with Crippen molar-refractivity contribution in [2.24, 2.45) is 5.92 Å². The van der Waals surface area contributed by atoms with Crippen molar-refractivity contribution in [1.82, 2.24) is 0 Å². The first-order valence-electron chi connectivity index (χ1n) is 4.38. The maximum absolute atomic E-state index is 12.3. The molecule has 0 aliphatic carbocycles. The molecule has 102 valence electrons. The maximum atomic E-state index is 12.3. The summed E-state index contributed by atoms with van der Waals surface area (Å²) in [7, 11) is 1.05. The lowest BCUT2D eigenvalue weighted by molar-refractivity contribution is -0.264. The fourth-order valence-electron chi connectivity index (χ4n) is 1.25. The van der Waals surface area contributed by atoms with Crippen LogP contribution >= 0.6 is 11.3 Å². The Morgan fingerprint density at radius 1 is 1.22 bits per heavy atom. The van der Waals surface area contributed by atoms with Crippen LogP contribution in [0.25, 0.3) is 0 Å². The van der Waals surface area contributed by atoms with E-state index in [2.05, 4.69) is 4.74 Å². The number of thiophene rings is 1. The Morgan fingerprint density at radius 3 is 2.11 bits per heavy atom. The summed E-state index contributed by atoms with van der Waals surface area (Å²) in [5.74, 6) is -6.39. The van der Waals surface area contributed by atoms with Gasteiger partial charge in [-0.25, -0.2) is 0 Å². The average molecular weight is 292 g/mol. The Hall–Kier alpha value is -1.25. The van der Waals surface area contributed by atoms with Gasteiger partial charge in [-0.2, -0.15) is 26.3 Å². The Kier molecular flexibility index (Phi) is 3.94. The maximum Gasteiger partial charge on any atom is 0.407 e. The van der Waals surface area contributed by atoms with E-state index < -0.39 is 28.9 Å². The minimum absolute atomic E-state index is 0.302. The predicted octanol–water partition coefficient (Wildman–Crippen LogP) is 3.68. The number of halogens is 6. The summed E-state index contributed by atoms with van der Waals surface area (Å²) >= 11 is 0.468. The molecule has 1 heterocycles. The molecule has 0 spiro atoms. The van der Waals surface area contributed by atoms with Gasteiger partial charge in [0, 0.05) is 0 Å². The van der Waals surface area contributed by atoms with E-state index in [1.165, 1.54) is 5.38 Å². The molecule has 0 aliphatic heterocycles. The fourth-order valence-corrected chi connectivity index (χ4v) is 2.08. The molecule has 0 N–H and O–H groups in total. The van der Waals surface area contributed by atoms with Gasteiger partial charge in [0.15, 0.2) is 5.78 Å². The third-order valence-corrected chi connectivity index (χ3v) is 2.90. The monoisotopic (exact) mass is 292 g/mol. The number of hydrogen-bond donors (Lipinski definition) is 0. The highest BCUT2D eigenvalue weighted by Crippen LogP contribution is 2.43. The number of carbonyl (C=O) groups is 1. The molecule has 0 aliphatic rings. The number of carbonyl (C=O) groups excluding carboxylic acids is 1. The van der Waals surface area contributed by atoms with E-state index >= 15 is 0 Å². The van der Waals surface area contributed by atoms with E-state index in [0.717, 1.165) is 13.2 Å². The lowest BCUT2D eigenvalue weighted by Gasteiger charge is -2.21. The molecule has 1 aromatic heterocycles. The molecule has 2 nitrogen and oxygen atoms in total. The Labute approximate surface area is 101 Å². The minimum Gasteiger partial charge on any atom is -0.495 e. The number of alkyl halides is 6. The van der Waals surface area contributed by atoms with E-state index in [-0.39, 0.29) is 5.75 Å². The van der Waals surface area contributed by atoms with Crippen LogP contribution in [0.2, 0.25) is 0 Å². The highest BCUT2D eigenvalue weighted by molar-refractivity contribution is 7.12. The van der Waals surface area contributed by atoms with Crippen LogP contribution in [0, 0.1) is 5.92 Å². The first kappa shape index (κ1) is 14.8. The van der Waals surface area contributed by atoms with Crippen molar-refractivity contribution in [3.05, 3.63) is 16.3 Å². The first-order valence-corrected chi connectivity index (χ1v) is 5.26. The molecular weight excluding hydrogens is 286 g/mol. The first-order chi connectivity index (χ1) is 8.09. The second kappa shape index (κ2) is 4.79. The van der Waals surface area contributed by atoms with Gasteiger partial charge >= 0.3 is 12.4 Å². The van der Waals surface area contributed by atoms with Crippen molar-refractivity contribution in [3.8, 4) is 5.75 Å². The molecule has 0 atom stereocenters. The summed E-state index contributed by atoms with van der Waals surface area (Å²) in [5.41, 5.74) is 0. The quantitative estimate of drug-likeness (QED) is 0.627. The summed E-state index contributed by atoms with van der Waals surface area (Å²) in [6.07, 6.45) is -11.4. The SMILES string of the molecule is COc1ccsc1C(=O)C(C(F)(F)F)C(F)(F)F. The molecule has 0 radical (unpaired) electrons. The number of hydrogen-bond acceptors (Lipinski definition) is 3. The summed E-state index contributed by atoms with van der Waals surface area (Å²) in [5, 5.41) is 1.18. The van der Waals surface area contributed by atoms with Crippen molar-refractivity contribution in [3.63, 3.8) is 0 Å². The van der Waals surface area contributed by atoms with Gasteiger partial charge in [-0.15, -0.1) is 11.3 Å². The number of rotatable bonds is 3. The molecule has 1 aromatic rings. The minimum atomic E-state index is -5.69. The standard InChI is InChI=1S/C9H6F6O2S/c1-17-4-2-3-18-6(4)5(16)7(8(10,11)12)9(13,14)15/h2-3,7H,1H3. The van der Waals surface area contributed by atoms with Crippen molar-refractivity contribution in [1.29, 1.82) is 0 Å². The normalized spacial score (nSPS) is 12.9. The second-order valence-corrected chi connectivity index (χ2v) is 4.11. The van der Waals surface area contributed by atoms with Crippen LogP contribution < -0.4 is 4.74 Å². The molecule has 0 aromatic carbocycles. The molecular formula is C9H6F6O2S. The third kappa shape index (κ3) is 2.95. The Balaban J connectivity index is 3.20. The molecule has 0 unspecified atom stereocenters. The lowest BCUT2D eigenvalue weighted by atomic mass is 10.0. The fraction of sp³-hybridized carbons (Fsp3) is 0.444. The van der Waals surface area contributed by atoms with Crippen LogP contribution in [0.3, 0.4) is 0 Å². The summed E-state index contributed by atoms with van der Waals surface area (Å²) in [6, 6.07) is 1.13. The zero-order valence-electron chi connectivity index (χ0n) is 8.72. The third-order valence-electron chi connectivity index (χ3n) is 1.99. The van der Waals surface area contributed by atoms with Crippen molar-refractivity contribution in [2.45, 2.75) is 12.4 Å². The highest BCUT2D eigenvalue weighted by Gasteiger charge is 2.61. The number of Topliss-reactive ketones (excluding diaryl/α,β-unsaturated/α-hetero) is 1. The predicted molar refractivity (Wildman–Crippen MR) is 50.8 cm³/mol. The molecule has 0 saturated heterocycles. The van der Waals surface area contributed by atoms with E-state index in [1.54, 1.807) is 0 Å². The van der Waals surface area contributed by atoms with Crippen LogP contribution in [-0.4, -0.2) is 25.2 Å². The number of methoxy groups -OCH3 is 1. The molecule has 0 fully saturated rings. The van der Waals surface area contributed by atoms with Crippen molar-refractivity contribution in [2.75, 3.05) is 7.11 Å². The van der Waals surface area contributed by atoms with E-state index in [4.69, 9.17) is 0 Å². The van der Waals surface area contributed by atoms with Gasteiger partial charge in [-0.3, -0.25) is 4.79 Å². The largest absolute Gasteiger partial charge is 0.495 e. The Bertz CT molecular complexity index is 419. The van der Waals surface area contributed by atoms with Gasteiger partial charge in [-0.05, 0) is 11.4 Å². The van der Waals surface area contributed by atoms with Gasteiger partial charge in [0.2, 0.25) is 5.92 Å². The van der Waals surface area contributed by atoms with Crippen LogP contribution in [0.5, 0.6) is 5.75 Å². The van der Waals surface area contributed by atoms with E-state index in [1.807, 2.05) is 0 Å². The topological polar surface area (TPSA) is 26.3 Å². The number of ether oxygens (including phenoxy) is 1. The van der Waals surface area contributed by atoms with Gasteiger partial charge in [0.05, 0.1) is 7.11 Å². The van der Waals surface area contributed by atoms with Gasteiger partial charge in [-0.1, -0.05) is 0 Å². The molecule has 0 bridgehead atoms. The second-order valence-electron chi connectivity index (χ2n) is 3.20. The van der Waals surface area contributed by atoms with Crippen LogP contribution in [0.15, 0.2) is 11.4 Å². The molecule has 1 rings (SSSR count). The van der Waals surface area contributed by atoms with Gasteiger partial charge in [0.1, 0.15) is 10.6 Å². The smallest absolute Gasteiger partial charge is 0.407 e. The van der Waals surface area contributed by atoms with E-state index in [9.17, 15) is 31.1 Å². The van der Waals surface area contributed by atoms with Crippen LogP contribution in [0.1, 0.15) is 9.67 Å². The lowest BCUT2D eigenvalue weighted by Crippen LogP contribution is -2.42. The van der Waals surface area contributed by atoms with Gasteiger partial charge in [0.25, 0.3) is 0 Å².